The van der Waals surface area contributed by atoms with E-state index < -0.39 is 71.5 Å². The fraction of sp³-hybridized carbons (Fsp3) is 0. The molecule has 6 aromatic rings. The predicted octanol–water partition coefficient (Wildman–Crippen LogP) is 4.64. The molecule has 0 aliphatic carbocycles. The van der Waals surface area contributed by atoms with Gasteiger partial charge in [-0.2, -0.15) is 0 Å². The highest BCUT2D eigenvalue weighted by molar-refractivity contribution is 7.93. The van der Waals surface area contributed by atoms with Gasteiger partial charge in [0.25, 0.3) is 31.9 Å². The molecule has 2 amide bonds. The fourth-order valence-corrected chi connectivity index (χ4v) is 12.0. The van der Waals surface area contributed by atoms with E-state index in [1.165, 1.54) is 35.6 Å². The number of carbonyl (C=O) groups is 2. The first-order chi connectivity index (χ1) is 24.2. The van der Waals surface area contributed by atoms with Crippen molar-refractivity contribution in [3.8, 4) is 0 Å². The number of fused-ring (bicyclic) bond motifs is 2. The van der Waals surface area contributed by atoms with Crippen LogP contribution in [0.1, 0.15) is 20.0 Å². The lowest BCUT2D eigenvalue weighted by Crippen LogP contribution is -2.32. The molecule has 0 fully saturated rings. The summed E-state index contributed by atoms with van der Waals surface area (Å²) in [5.41, 5.74) is 0.192. The van der Waals surface area contributed by atoms with Gasteiger partial charge in [-0.3, -0.25) is 9.59 Å². The minimum absolute atomic E-state index is 0.0504. The zero-order chi connectivity index (χ0) is 38.2. The van der Waals surface area contributed by atoms with Crippen LogP contribution in [-0.2, 0) is 40.1 Å². The van der Waals surface area contributed by atoms with Gasteiger partial charge in [-0.25, -0.2) is 53.4 Å². The molecule has 6 rings (SSSR count). The van der Waals surface area contributed by atoms with E-state index in [-0.39, 0.29) is 15.5 Å². The van der Waals surface area contributed by atoms with Crippen LogP contribution in [0.25, 0.3) is 20.2 Å². The van der Waals surface area contributed by atoms with Gasteiger partial charge < -0.3 is 0 Å². The van der Waals surface area contributed by atoms with Gasteiger partial charge in [0.2, 0.25) is 20.0 Å². The lowest BCUT2D eigenvalue weighted by Gasteiger charge is -2.10. The lowest BCUT2D eigenvalue weighted by atomic mass is 10.2. The van der Waals surface area contributed by atoms with Crippen molar-refractivity contribution in [1.29, 1.82) is 0 Å². The monoisotopic (exact) mass is 860 g/mol. The largest absolute Gasteiger partial charge is 0.276 e. The van der Waals surface area contributed by atoms with E-state index >= 15 is 0 Å². The Balaban J connectivity index is 0.000000202. The Bertz CT molecular complexity index is 2860. The Morgan fingerprint density at radius 1 is 0.577 bits per heavy atom. The molecular formula is C30H22Cl2N4O10S6. The summed E-state index contributed by atoms with van der Waals surface area (Å²) in [4.78, 5) is 22.4. The molecule has 22 heteroatoms. The molecule has 52 heavy (non-hydrogen) atoms. The number of benzene rings is 4. The van der Waals surface area contributed by atoms with Gasteiger partial charge in [-0.1, -0.05) is 71.7 Å². The maximum absolute atomic E-state index is 12.6. The molecule has 6 N–H and O–H groups in total. The molecule has 0 aliphatic rings. The number of carbonyl (C=O) groups excluding carboxylic acids is 2. The van der Waals surface area contributed by atoms with E-state index in [1.807, 2.05) is 15.5 Å². The Hall–Kier alpha value is -3.96. The number of sulfonamides is 4. The molecule has 0 saturated carbocycles. The number of primary sulfonamides is 2. The van der Waals surface area contributed by atoms with Gasteiger partial charge >= 0.3 is 0 Å². The van der Waals surface area contributed by atoms with Crippen LogP contribution < -0.4 is 19.7 Å². The van der Waals surface area contributed by atoms with E-state index in [4.69, 9.17) is 33.5 Å². The maximum atomic E-state index is 12.6. The molecule has 4 aromatic carbocycles. The van der Waals surface area contributed by atoms with Crippen molar-refractivity contribution >= 4 is 118 Å². The molecule has 2 heterocycles. The highest BCUT2D eigenvalue weighted by Gasteiger charge is 2.29. The van der Waals surface area contributed by atoms with Crippen LogP contribution in [0, 0.1) is 0 Å². The standard InChI is InChI=1S/C15H10Cl2N2O5S3.C15H12N2O5S3/c16-8-5-6-9-10(7-8)25-14(13(9)17)15(20)19-27(23,24)12-4-2-1-3-11(12)26(18,21)22;16-24(19,20)13-7-3-4-8-14(13)25(21,22)17-15(18)11-9-23-12-6-2-1-5-10(11)12/h1-7H,(H,19,20)(H2,18,21,22);1-9H,(H,17,18)(H2,16,19,20). The summed E-state index contributed by atoms with van der Waals surface area (Å²) in [6.45, 7) is 0. The van der Waals surface area contributed by atoms with Crippen molar-refractivity contribution in [2.45, 2.75) is 19.6 Å². The number of hydrogen-bond donors (Lipinski definition) is 4. The number of hydrogen-bond acceptors (Lipinski definition) is 12. The average Bonchev–Trinajstić information content (AvgIpc) is 3.65. The van der Waals surface area contributed by atoms with E-state index in [0.717, 1.165) is 40.3 Å². The van der Waals surface area contributed by atoms with Gasteiger partial charge in [0, 0.05) is 30.6 Å². The van der Waals surface area contributed by atoms with E-state index in [0.29, 0.717) is 20.5 Å². The second-order valence-electron chi connectivity index (χ2n) is 10.4. The van der Waals surface area contributed by atoms with Crippen molar-refractivity contribution in [3.63, 3.8) is 0 Å². The van der Waals surface area contributed by atoms with Crippen LogP contribution in [-0.4, -0.2) is 45.5 Å². The number of nitrogens with one attached hydrogen (secondary N) is 2. The molecule has 2 aromatic heterocycles. The van der Waals surface area contributed by atoms with E-state index in [2.05, 4.69) is 0 Å². The highest BCUT2D eigenvalue weighted by atomic mass is 35.5. The number of halogens is 2. The SMILES string of the molecule is NS(=O)(=O)c1ccccc1S(=O)(=O)NC(=O)c1csc2ccccc12.NS(=O)(=O)c1ccccc1S(=O)(=O)NC(=O)c1sc2cc(Cl)ccc2c1Cl. The zero-order valence-electron chi connectivity index (χ0n) is 25.7. The van der Waals surface area contributed by atoms with Crippen LogP contribution >= 0.6 is 45.9 Å². The Morgan fingerprint density at radius 3 is 1.60 bits per heavy atom. The number of rotatable bonds is 8. The van der Waals surface area contributed by atoms with Crippen molar-refractivity contribution in [3.05, 3.63) is 117 Å². The average molecular weight is 862 g/mol. The van der Waals surface area contributed by atoms with E-state index in [9.17, 15) is 43.3 Å². The zero-order valence-corrected chi connectivity index (χ0v) is 32.1. The summed E-state index contributed by atoms with van der Waals surface area (Å²) < 4.78 is 102. The van der Waals surface area contributed by atoms with Crippen molar-refractivity contribution < 1.29 is 43.3 Å². The normalized spacial score (nSPS) is 12.2. The smallest absolute Gasteiger partial charge is 0.268 e. The number of thiophene rings is 2. The van der Waals surface area contributed by atoms with Crippen molar-refractivity contribution in [2.75, 3.05) is 0 Å². The minimum Gasteiger partial charge on any atom is -0.268 e. The highest BCUT2D eigenvalue weighted by Crippen LogP contribution is 2.37. The first-order valence-electron chi connectivity index (χ1n) is 13.9. The van der Waals surface area contributed by atoms with Crippen LogP contribution in [0.3, 0.4) is 0 Å². The molecule has 0 atom stereocenters. The Kier molecular flexibility index (Phi) is 11.2. The third kappa shape index (κ3) is 8.46. The summed E-state index contributed by atoms with van der Waals surface area (Å²) in [7, 11) is -17.5. The molecule has 0 saturated heterocycles. The molecule has 272 valence electrons. The lowest BCUT2D eigenvalue weighted by molar-refractivity contribution is 0.0975. The molecule has 0 unspecified atom stereocenters. The van der Waals surface area contributed by atoms with Crippen molar-refractivity contribution in [1.82, 2.24) is 9.44 Å². The van der Waals surface area contributed by atoms with Crippen LogP contribution in [0.4, 0.5) is 0 Å². The molecule has 0 spiro atoms. The van der Waals surface area contributed by atoms with Gasteiger partial charge in [0.05, 0.1) is 10.6 Å². The van der Waals surface area contributed by atoms with Gasteiger partial charge in [0.15, 0.2) is 0 Å². The van der Waals surface area contributed by atoms with Crippen LogP contribution in [0.2, 0.25) is 10.0 Å². The van der Waals surface area contributed by atoms with Crippen molar-refractivity contribution in [2.24, 2.45) is 10.3 Å². The van der Waals surface area contributed by atoms with Gasteiger partial charge in [-0.15, -0.1) is 22.7 Å². The fourth-order valence-electron chi connectivity index (χ4n) is 4.61. The van der Waals surface area contributed by atoms with Gasteiger partial charge in [-0.05, 0) is 42.5 Å². The minimum atomic E-state index is -4.52. The third-order valence-corrected chi connectivity index (χ3v) is 14.7. The van der Waals surface area contributed by atoms with Crippen LogP contribution in [0.15, 0.2) is 116 Å². The molecular weight excluding hydrogens is 840 g/mol. The second-order valence-corrected chi connectivity index (χ2v) is 19.5. The third-order valence-electron chi connectivity index (χ3n) is 6.87. The molecule has 0 bridgehead atoms. The van der Waals surface area contributed by atoms with E-state index in [1.54, 1.807) is 41.8 Å². The first kappa shape index (κ1) is 39.3. The summed E-state index contributed by atoms with van der Waals surface area (Å²) in [6.07, 6.45) is 0. The summed E-state index contributed by atoms with van der Waals surface area (Å²) in [5, 5.41) is 13.3. The maximum Gasteiger partial charge on any atom is 0.276 e. The Labute approximate surface area is 315 Å². The first-order valence-corrected chi connectivity index (χ1v) is 22.4. The number of amides is 2. The molecule has 0 radical (unpaired) electrons. The van der Waals surface area contributed by atoms with Crippen LogP contribution in [0.5, 0.6) is 0 Å². The quantitative estimate of drug-likeness (QED) is 0.165. The number of nitrogens with two attached hydrogens (primary N) is 2. The predicted molar refractivity (Wildman–Crippen MR) is 199 cm³/mol. The Morgan fingerprint density at radius 2 is 1.06 bits per heavy atom. The summed E-state index contributed by atoms with van der Waals surface area (Å²) in [5.74, 6) is -1.84. The molecule has 0 aliphatic heterocycles. The molecule has 14 nitrogen and oxygen atoms in total. The second kappa shape index (κ2) is 14.8. The topological polar surface area (TPSA) is 247 Å². The van der Waals surface area contributed by atoms with Gasteiger partial charge in [0.1, 0.15) is 24.5 Å². The summed E-state index contributed by atoms with van der Waals surface area (Å²) in [6, 6.07) is 21.3. The summed E-state index contributed by atoms with van der Waals surface area (Å²) >= 11 is 14.3.